The van der Waals surface area contributed by atoms with Gasteiger partial charge in [0.25, 0.3) is 5.79 Å². The van der Waals surface area contributed by atoms with Crippen molar-refractivity contribution < 1.29 is 23.7 Å². The van der Waals surface area contributed by atoms with Crippen molar-refractivity contribution in [2.45, 2.75) is 25.4 Å². The van der Waals surface area contributed by atoms with E-state index >= 15 is 0 Å². The molecular weight excluding hydrogens is 176 g/mol. The van der Waals surface area contributed by atoms with E-state index < -0.39 is 17.5 Å². The molecule has 1 rings (SSSR count). The zero-order valence-corrected chi connectivity index (χ0v) is 8.25. The van der Waals surface area contributed by atoms with Gasteiger partial charge in [-0.1, -0.05) is 0 Å². The Labute approximate surface area is 76.9 Å². The quantitative estimate of drug-likeness (QED) is 0.585. The largest absolute Gasteiger partial charge is 0.426 e. The molecule has 0 N–H and O–H groups in total. The van der Waals surface area contributed by atoms with Crippen molar-refractivity contribution in [2.24, 2.45) is 0 Å². The highest BCUT2D eigenvalue weighted by molar-refractivity contribution is 5.72. The zero-order valence-electron chi connectivity index (χ0n) is 8.25. The van der Waals surface area contributed by atoms with Crippen LogP contribution in [0.25, 0.3) is 0 Å². The van der Waals surface area contributed by atoms with Crippen molar-refractivity contribution >= 4 is 5.97 Å². The summed E-state index contributed by atoms with van der Waals surface area (Å²) >= 11 is 0. The minimum Gasteiger partial charge on any atom is -0.426 e. The Morgan fingerprint density at radius 2 is 1.77 bits per heavy atom. The summed E-state index contributed by atoms with van der Waals surface area (Å²) in [5, 5.41) is 0. The van der Waals surface area contributed by atoms with Crippen LogP contribution in [0.3, 0.4) is 0 Å². The topological polar surface area (TPSA) is 54.0 Å². The molecule has 76 valence electrons. The van der Waals surface area contributed by atoms with Crippen molar-refractivity contribution in [3.63, 3.8) is 0 Å². The Bertz CT molecular complexity index is 217. The summed E-state index contributed by atoms with van der Waals surface area (Å²) in [4.78, 5) is 11.0. The van der Waals surface area contributed by atoms with E-state index in [1.807, 2.05) is 0 Å². The SMILES string of the molecule is COC1(C)OCC(=O)O[C@@]1(C)OC. The number of esters is 1. The first kappa shape index (κ1) is 10.4. The fourth-order valence-electron chi connectivity index (χ4n) is 1.14. The van der Waals surface area contributed by atoms with Crippen LogP contribution in [-0.4, -0.2) is 38.4 Å². The summed E-state index contributed by atoms with van der Waals surface area (Å²) in [6.45, 7) is 3.12. The number of ether oxygens (including phenoxy) is 4. The molecule has 5 heteroatoms. The van der Waals surface area contributed by atoms with Crippen LogP contribution in [0.15, 0.2) is 0 Å². The number of carbonyl (C=O) groups excluding carboxylic acids is 1. The molecule has 0 spiro atoms. The van der Waals surface area contributed by atoms with Crippen LogP contribution in [0.4, 0.5) is 0 Å². The van der Waals surface area contributed by atoms with Gasteiger partial charge in [0.1, 0.15) is 6.61 Å². The van der Waals surface area contributed by atoms with Gasteiger partial charge in [-0.3, -0.25) is 0 Å². The second-order valence-electron chi connectivity index (χ2n) is 3.06. The van der Waals surface area contributed by atoms with Crippen molar-refractivity contribution in [2.75, 3.05) is 20.8 Å². The van der Waals surface area contributed by atoms with Crippen LogP contribution in [0.1, 0.15) is 13.8 Å². The van der Waals surface area contributed by atoms with Crippen LogP contribution in [0, 0.1) is 0 Å². The molecule has 1 heterocycles. The fraction of sp³-hybridized carbons (Fsp3) is 0.875. The second-order valence-corrected chi connectivity index (χ2v) is 3.06. The average molecular weight is 190 g/mol. The third kappa shape index (κ3) is 1.54. The van der Waals surface area contributed by atoms with Crippen molar-refractivity contribution in [3.8, 4) is 0 Å². The predicted molar refractivity (Wildman–Crippen MR) is 42.9 cm³/mol. The van der Waals surface area contributed by atoms with Crippen molar-refractivity contribution in [3.05, 3.63) is 0 Å². The summed E-state index contributed by atoms with van der Waals surface area (Å²) in [5.74, 6) is -2.72. The molecule has 0 aromatic heterocycles. The molecule has 0 aliphatic carbocycles. The highest BCUT2D eigenvalue weighted by atomic mass is 16.8. The monoisotopic (exact) mass is 190 g/mol. The highest BCUT2D eigenvalue weighted by Crippen LogP contribution is 2.34. The van der Waals surface area contributed by atoms with Crippen LogP contribution in [0.5, 0.6) is 0 Å². The molecule has 0 radical (unpaired) electrons. The molecular formula is C8H14O5. The lowest BCUT2D eigenvalue weighted by molar-refractivity contribution is -0.392. The molecule has 2 atom stereocenters. The summed E-state index contributed by atoms with van der Waals surface area (Å²) in [6.07, 6.45) is 0. The summed E-state index contributed by atoms with van der Waals surface area (Å²) < 4.78 is 20.4. The molecule has 1 fully saturated rings. The Morgan fingerprint density at radius 3 is 2.23 bits per heavy atom. The Balaban J connectivity index is 2.90. The van der Waals surface area contributed by atoms with Crippen molar-refractivity contribution in [1.82, 2.24) is 0 Å². The molecule has 1 aliphatic heterocycles. The van der Waals surface area contributed by atoms with E-state index in [9.17, 15) is 4.79 Å². The fourth-order valence-corrected chi connectivity index (χ4v) is 1.14. The van der Waals surface area contributed by atoms with Gasteiger partial charge in [0.15, 0.2) is 0 Å². The standard InChI is InChI=1S/C8H14O5/c1-7(10-3)8(2,11-4)13-6(9)5-12-7/h5H2,1-4H3/t7?,8-/m1/s1. The molecule has 0 aromatic carbocycles. The van der Waals surface area contributed by atoms with Gasteiger partial charge in [0.2, 0.25) is 5.79 Å². The van der Waals surface area contributed by atoms with Gasteiger partial charge >= 0.3 is 5.97 Å². The summed E-state index contributed by atoms with van der Waals surface area (Å²) in [7, 11) is 2.90. The average Bonchev–Trinajstić information content (AvgIpc) is 2.12. The molecule has 0 saturated carbocycles. The number of hydrogen-bond donors (Lipinski definition) is 0. The van der Waals surface area contributed by atoms with E-state index in [4.69, 9.17) is 18.9 Å². The molecule has 5 nitrogen and oxygen atoms in total. The van der Waals surface area contributed by atoms with E-state index in [-0.39, 0.29) is 6.61 Å². The maximum Gasteiger partial charge on any atom is 0.334 e. The molecule has 0 bridgehead atoms. The van der Waals surface area contributed by atoms with Gasteiger partial charge < -0.3 is 18.9 Å². The van der Waals surface area contributed by atoms with Crippen LogP contribution >= 0.6 is 0 Å². The maximum atomic E-state index is 11.0. The van der Waals surface area contributed by atoms with Gasteiger partial charge in [-0.25, -0.2) is 4.79 Å². The highest BCUT2D eigenvalue weighted by Gasteiger charge is 2.54. The zero-order chi connectivity index (χ0) is 10.1. The Hall–Kier alpha value is -0.650. The first-order chi connectivity index (χ1) is 5.97. The first-order valence-corrected chi connectivity index (χ1v) is 3.93. The summed E-state index contributed by atoms with van der Waals surface area (Å²) in [6, 6.07) is 0. The van der Waals surface area contributed by atoms with Crippen LogP contribution in [0.2, 0.25) is 0 Å². The molecule has 0 aromatic rings. The molecule has 1 aliphatic rings. The number of rotatable bonds is 2. The Morgan fingerprint density at radius 1 is 1.23 bits per heavy atom. The van der Waals surface area contributed by atoms with E-state index in [1.54, 1.807) is 13.8 Å². The first-order valence-electron chi connectivity index (χ1n) is 3.93. The van der Waals surface area contributed by atoms with Gasteiger partial charge in [-0.15, -0.1) is 0 Å². The number of carbonyl (C=O) groups is 1. The van der Waals surface area contributed by atoms with E-state index in [1.165, 1.54) is 14.2 Å². The van der Waals surface area contributed by atoms with Gasteiger partial charge in [-0.05, 0) is 6.92 Å². The molecule has 0 amide bonds. The van der Waals surface area contributed by atoms with Gasteiger partial charge in [-0.2, -0.15) is 0 Å². The summed E-state index contributed by atoms with van der Waals surface area (Å²) in [5.41, 5.74) is 0. The lowest BCUT2D eigenvalue weighted by Gasteiger charge is -2.45. The minimum atomic E-state index is -1.20. The van der Waals surface area contributed by atoms with E-state index in [0.29, 0.717) is 0 Å². The van der Waals surface area contributed by atoms with Gasteiger partial charge in [0.05, 0.1) is 0 Å². The number of hydrogen-bond acceptors (Lipinski definition) is 5. The predicted octanol–water partition coefficient (Wildman–Crippen LogP) is 0.285. The third-order valence-corrected chi connectivity index (χ3v) is 2.38. The van der Waals surface area contributed by atoms with Crippen LogP contribution in [-0.2, 0) is 23.7 Å². The Kier molecular flexibility index (Phi) is 2.61. The molecule has 1 unspecified atom stereocenters. The minimum absolute atomic E-state index is 0.122. The van der Waals surface area contributed by atoms with Crippen molar-refractivity contribution in [1.29, 1.82) is 0 Å². The smallest absolute Gasteiger partial charge is 0.334 e. The maximum absolute atomic E-state index is 11.0. The van der Waals surface area contributed by atoms with Gasteiger partial charge in [0, 0.05) is 21.1 Å². The molecule has 13 heavy (non-hydrogen) atoms. The number of cyclic esters (lactones) is 1. The lowest BCUT2D eigenvalue weighted by Crippen LogP contribution is -2.61. The molecule has 1 saturated heterocycles. The second kappa shape index (κ2) is 3.25. The normalized spacial score (nSPS) is 40.2. The van der Waals surface area contributed by atoms with Crippen LogP contribution < -0.4 is 0 Å². The van der Waals surface area contributed by atoms with E-state index in [2.05, 4.69) is 0 Å². The number of methoxy groups -OCH3 is 2. The third-order valence-electron chi connectivity index (χ3n) is 2.38. The van der Waals surface area contributed by atoms with E-state index in [0.717, 1.165) is 0 Å². The lowest BCUT2D eigenvalue weighted by atomic mass is 10.1.